The molecule has 2 aliphatic heterocycles. The lowest BCUT2D eigenvalue weighted by atomic mass is 9.99. The van der Waals surface area contributed by atoms with Crippen molar-refractivity contribution < 1.29 is 14.3 Å². The number of nitrogens with zero attached hydrogens (tertiary/aromatic N) is 2. The number of aromatic nitrogens is 1. The van der Waals surface area contributed by atoms with Crippen molar-refractivity contribution in [2.24, 2.45) is 0 Å². The van der Waals surface area contributed by atoms with Gasteiger partial charge in [-0.05, 0) is 36.8 Å². The molecule has 1 aromatic heterocycles. The molecule has 2 saturated heterocycles. The molecule has 0 bridgehead atoms. The van der Waals surface area contributed by atoms with E-state index in [1.165, 1.54) is 5.39 Å². The van der Waals surface area contributed by atoms with Gasteiger partial charge in [0.05, 0.1) is 19.2 Å². The molecule has 25 heavy (non-hydrogen) atoms. The van der Waals surface area contributed by atoms with Crippen LogP contribution in [-0.4, -0.2) is 59.4 Å². The van der Waals surface area contributed by atoms with E-state index in [2.05, 4.69) is 23.2 Å². The Labute approximate surface area is 146 Å². The summed E-state index contributed by atoms with van der Waals surface area (Å²) < 4.78 is 5.14. The molecule has 0 aliphatic carbocycles. The molecule has 0 spiro atoms. The SMILES string of the molecule is O=C1COCCN1CC(=O)N1CCCC[C@@H]1c1cc2ccccc2[nH]1. The molecule has 1 aromatic carbocycles. The predicted octanol–water partition coefficient (Wildman–Crippen LogP) is 2.08. The number of hydrogen-bond donors (Lipinski definition) is 1. The largest absolute Gasteiger partial charge is 0.370 e. The molecule has 2 amide bonds. The van der Waals surface area contributed by atoms with Crippen LogP contribution in [0.25, 0.3) is 10.9 Å². The summed E-state index contributed by atoms with van der Waals surface area (Å²) >= 11 is 0. The molecule has 1 atom stereocenters. The zero-order valence-corrected chi connectivity index (χ0v) is 14.2. The number of piperidine rings is 1. The predicted molar refractivity (Wildman–Crippen MR) is 94.0 cm³/mol. The van der Waals surface area contributed by atoms with Crippen molar-refractivity contribution in [2.45, 2.75) is 25.3 Å². The summed E-state index contributed by atoms with van der Waals surface area (Å²) in [6.07, 6.45) is 3.08. The van der Waals surface area contributed by atoms with Crippen molar-refractivity contribution in [1.29, 1.82) is 0 Å². The number of para-hydroxylation sites is 1. The van der Waals surface area contributed by atoms with Gasteiger partial charge in [-0.15, -0.1) is 0 Å². The summed E-state index contributed by atoms with van der Waals surface area (Å²) in [5, 5.41) is 1.17. The van der Waals surface area contributed by atoms with Gasteiger partial charge in [-0.25, -0.2) is 0 Å². The highest BCUT2D eigenvalue weighted by Gasteiger charge is 2.31. The monoisotopic (exact) mass is 341 g/mol. The van der Waals surface area contributed by atoms with Gasteiger partial charge in [-0.3, -0.25) is 9.59 Å². The zero-order chi connectivity index (χ0) is 17.2. The molecule has 0 unspecified atom stereocenters. The average Bonchev–Trinajstić information content (AvgIpc) is 3.07. The van der Waals surface area contributed by atoms with Crippen LogP contribution in [-0.2, 0) is 14.3 Å². The van der Waals surface area contributed by atoms with Crippen LogP contribution in [0.2, 0.25) is 0 Å². The van der Waals surface area contributed by atoms with Crippen molar-refractivity contribution >= 4 is 22.7 Å². The number of hydrogen-bond acceptors (Lipinski definition) is 3. The van der Waals surface area contributed by atoms with Crippen molar-refractivity contribution in [3.63, 3.8) is 0 Å². The molecule has 2 aromatic rings. The van der Waals surface area contributed by atoms with Gasteiger partial charge in [0.1, 0.15) is 6.61 Å². The first-order valence-corrected chi connectivity index (χ1v) is 8.95. The van der Waals surface area contributed by atoms with Crippen LogP contribution in [0.1, 0.15) is 31.0 Å². The number of morpholine rings is 1. The fourth-order valence-electron chi connectivity index (χ4n) is 3.80. The molecule has 6 heteroatoms. The van der Waals surface area contributed by atoms with Crippen LogP contribution < -0.4 is 0 Å². The summed E-state index contributed by atoms with van der Waals surface area (Å²) in [5.74, 6) is -0.0719. The molecule has 2 fully saturated rings. The van der Waals surface area contributed by atoms with E-state index in [4.69, 9.17) is 4.74 Å². The van der Waals surface area contributed by atoms with Crippen molar-refractivity contribution in [2.75, 3.05) is 32.8 Å². The van der Waals surface area contributed by atoms with E-state index in [1.54, 1.807) is 4.90 Å². The summed E-state index contributed by atoms with van der Waals surface area (Å²) in [5.41, 5.74) is 2.18. The average molecular weight is 341 g/mol. The molecular weight excluding hydrogens is 318 g/mol. The molecule has 0 saturated carbocycles. The summed E-state index contributed by atoms with van der Waals surface area (Å²) in [6.45, 7) is 1.98. The van der Waals surface area contributed by atoms with Crippen LogP contribution in [0, 0.1) is 0 Å². The topological polar surface area (TPSA) is 65.6 Å². The third-order valence-electron chi connectivity index (χ3n) is 5.14. The Kier molecular flexibility index (Phi) is 4.44. The van der Waals surface area contributed by atoms with E-state index < -0.39 is 0 Å². The number of carbonyl (C=O) groups is 2. The first-order valence-electron chi connectivity index (χ1n) is 8.95. The highest BCUT2D eigenvalue weighted by Crippen LogP contribution is 2.32. The minimum absolute atomic E-state index is 0.0265. The van der Waals surface area contributed by atoms with E-state index in [9.17, 15) is 9.59 Å². The number of nitrogens with one attached hydrogen (secondary N) is 1. The third kappa shape index (κ3) is 3.26. The van der Waals surface area contributed by atoms with Crippen LogP contribution in [0.15, 0.2) is 30.3 Å². The maximum atomic E-state index is 12.9. The first-order chi connectivity index (χ1) is 12.2. The molecule has 2 aliphatic rings. The van der Waals surface area contributed by atoms with E-state index in [0.717, 1.165) is 37.0 Å². The van der Waals surface area contributed by atoms with Crippen molar-refractivity contribution in [3.05, 3.63) is 36.0 Å². The second-order valence-corrected chi connectivity index (χ2v) is 6.78. The molecule has 1 N–H and O–H groups in total. The first kappa shape index (κ1) is 16.1. The normalized spacial score (nSPS) is 21.8. The third-order valence-corrected chi connectivity index (χ3v) is 5.14. The number of benzene rings is 1. The van der Waals surface area contributed by atoms with Crippen LogP contribution in [0.3, 0.4) is 0 Å². The van der Waals surface area contributed by atoms with Crippen LogP contribution >= 0.6 is 0 Å². The minimum Gasteiger partial charge on any atom is -0.370 e. The standard InChI is InChI=1S/C19H23N3O3/c23-18(12-21-9-10-25-13-19(21)24)22-8-4-3-7-17(22)16-11-14-5-1-2-6-15(14)20-16/h1-2,5-6,11,17,20H,3-4,7-10,12-13H2/t17-/m1/s1. The van der Waals surface area contributed by atoms with E-state index in [0.29, 0.717) is 13.2 Å². The van der Waals surface area contributed by atoms with Gasteiger partial charge in [0, 0.05) is 24.3 Å². The van der Waals surface area contributed by atoms with E-state index in [-0.39, 0.29) is 31.0 Å². The van der Waals surface area contributed by atoms with Gasteiger partial charge in [0.15, 0.2) is 0 Å². The highest BCUT2D eigenvalue weighted by molar-refractivity contribution is 5.86. The summed E-state index contributed by atoms with van der Waals surface area (Å²) in [4.78, 5) is 31.8. The number of likely N-dealkylation sites (tertiary alicyclic amines) is 1. The maximum absolute atomic E-state index is 12.9. The fraction of sp³-hybridized carbons (Fsp3) is 0.474. The van der Waals surface area contributed by atoms with Gasteiger partial charge < -0.3 is 19.5 Å². The second kappa shape index (κ2) is 6.88. The van der Waals surface area contributed by atoms with Crippen LogP contribution in [0.5, 0.6) is 0 Å². The number of aromatic amines is 1. The number of amides is 2. The Bertz CT molecular complexity index is 752. The molecule has 6 nitrogen and oxygen atoms in total. The molecule has 132 valence electrons. The number of fused-ring (bicyclic) bond motifs is 1. The van der Waals surface area contributed by atoms with Gasteiger partial charge in [0.2, 0.25) is 11.8 Å². The Morgan fingerprint density at radius 3 is 2.96 bits per heavy atom. The summed E-state index contributed by atoms with van der Waals surface area (Å²) in [7, 11) is 0. The lowest BCUT2D eigenvalue weighted by Crippen LogP contribution is -2.49. The Morgan fingerprint density at radius 2 is 2.12 bits per heavy atom. The second-order valence-electron chi connectivity index (χ2n) is 6.78. The van der Waals surface area contributed by atoms with Crippen molar-refractivity contribution in [1.82, 2.24) is 14.8 Å². The molecule has 3 heterocycles. The Morgan fingerprint density at radius 1 is 1.24 bits per heavy atom. The fourth-order valence-corrected chi connectivity index (χ4v) is 3.80. The van der Waals surface area contributed by atoms with Gasteiger partial charge >= 0.3 is 0 Å². The number of carbonyl (C=O) groups excluding carboxylic acids is 2. The maximum Gasteiger partial charge on any atom is 0.249 e. The quantitative estimate of drug-likeness (QED) is 0.929. The van der Waals surface area contributed by atoms with Gasteiger partial charge in [-0.2, -0.15) is 0 Å². The van der Waals surface area contributed by atoms with E-state index >= 15 is 0 Å². The van der Waals surface area contributed by atoms with Crippen molar-refractivity contribution in [3.8, 4) is 0 Å². The van der Waals surface area contributed by atoms with Crippen LogP contribution in [0.4, 0.5) is 0 Å². The summed E-state index contributed by atoms with van der Waals surface area (Å²) in [6, 6.07) is 10.4. The molecule has 4 rings (SSSR count). The Balaban J connectivity index is 1.53. The number of H-pyrrole nitrogens is 1. The minimum atomic E-state index is -0.0984. The molecule has 0 radical (unpaired) electrons. The van der Waals surface area contributed by atoms with E-state index in [1.807, 2.05) is 17.0 Å². The smallest absolute Gasteiger partial charge is 0.249 e. The molecular formula is C19H23N3O3. The lowest BCUT2D eigenvalue weighted by Gasteiger charge is -2.37. The van der Waals surface area contributed by atoms with Gasteiger partial charge in [0.25, 0.3) is 0 Å². The highest BCUT2D eigenvalue weighted by atomic mass is 16.5. The Hall–Kier alpha value is -2.34. The number of rotatable bonds is 3. The number of ether oxygens (including phenoxy) is 1. The van der Waals surface area contributed by atoms with Gasteiger partial charge in [-0.1, -0.05) is 18.2 Å². The zero-order valence-electron chi connectivity index (χ0n) is 14.2. The lowest BCUT2D eigenvalue weighted by molar-refractivity contribution is -0.150.